The molecule has 13 rings (SSSR count). The molecule has 4 amide bonds. The molecule has 0 unspecified atom stereocenters. The Morgan fingerprint density at radius 2 is 1.11 bits per heavy atom. The molecule has 3 fully saturated rings. The summed E-state index contributed by atoms with van der Waals surface area (Å²) in [6.07, 6.45) is 25.4. The van der Waals surface area contributed by atoms with E-state index in [-0.39, 0.29) is 42.0 Å². The van der Waals surface area contributed by atoms with Gasteiger partial charge in [0.1, 0.15) is 6.04 Å². The largest absolute Gasteiger partial charge is 0.337 e. The van der Waals surface area contributed by atoms with Gasteiger partial charge in [-0.05, 0) is 164 Å². The second-order valence-corrected chi connectivity index (χ2v) is 27.4. The number of rotatable bonds is 17. The third-order valence-corrected chi connectivity index (χ3v) is 19.9. The quantitative estimate of drug-likeness (QED) is 0.0901. The number of imidazole rings is 2. The van der Waals surface area contributed by atoms with E-state index in [1.54, 1.807) is 12.4 Å². The van der Waals surface area contributed by atoms with E-state index >= 15 is 0 Å². The van der Waals surface area contributed by atoms with Crippen LogP contribution < -0.4 is 10.6 Å². The number of carbonyl (C=O) groups is 3. The van der Waals surface area contributed by atoms with E-state index in [1.165, 1.54) is 34.2 Å². The fourth-order valence-corrected chi connectivity index (χ4v) is 15.2. The average molecular weight is 1390 g/mol. The number of carbonyl (C=O) groups excluding carboxylic acids is 3. The summed E-state index contributed by atoms with van der Waals surface area (Å²) in [5, 5.41) is 8.34. The van der Waals surface area contributed by atoms with Crippen molar-refractivity contribution in [2.45, 2.75) is 127 Å². The molecule has 16 nitrogen and oxygen atoms in total. The molecule has 3 aliphatic carbocycles. The minimum Gasteiger partial charge on any atom is -0.337 e. The molecule has 4 aromatic carbocycles. The predicted octanol–water partition coefficient (Wildman–Crippen LogP) is 12.3. The number of hydrogen-bond donors (Lipinski definition) is 2. The fraction of sp³-hybridized carbons (Fsp3) is 0.394. The zero-order valence-electron chi connectivity index (χ0n) is 51.3. The van der Waals surface area contributed by atoms with Crippen molar-refractivity contribution < 1.29 is 14.4 Å². The van der Waals surface area contributed by atoms with Gasteiger partial charge in [0.2, 0.25) is 11.8 Å². The molecule has 91 heavy (non-hydrogen) atoms. The number of aryl methyl sites for hydroxylation is 6. The molecule has 474 valence electrons. The van der Waals surface area contributed by atoms with E-state index < -0.39 is 6.04 Å². The van der Waals surface area contributed by atoms with E-state index in [0.717, 1.165) is 132 Å². The predicted molar refractivity (Wildman–Crippen MR) is 364 cm³/mol. The summed E-state index contributed by atoms with van der Waals surface area (Å²) in [6, 6.07) is 35.9. The van der Waals surface area contributed by atoms with Gasteiger partial charge in [0.05, 0.1) is 42.2 Å². The number of aromatic nitrogens is 6. The molecule has 2 saturated heterocycles. The van der Waals surface area contributed by atoms with E-state index in [9.17, 15) is 14.4 Å². The van der Waals surface area contributed by atoms with Crippen LogP contribution >= 0.6 is 55.1 Å². The highest BCUT2D eigenvalue weighted by atomic mass is 79.9. The van der Waals surface area contributed by atoms with Crippen molar-refractivity contribution in [2.75, 3.05) is 52.4 Å². The molecule has 6 heterocycles. The number of halogens is 4. The number of amides is 4. The molecule has 0 radical (unpaired) electrons. The Morgan fingerprint density at radius 1 is 0.593 bits per heavy atom. The fourth-order valence-electron chi connectivity index (χ4n) is 14.0. The Kier molecular flexibility index (Phi) is 21.8. The Morgan fingerprint density at radius 3 is 1.64 bits per heavy atom. The molecule has 5 aliphatic rings. The molecule has 4 atom stereocenters. The molecule has 2 N–H and O–H groups in total. The molecule has 0 bridgehead atoms. The molecular weight excluding hydrogens is 1310 g/mol. The number of piperazine rings is 2. The Balaban J connectivity index is 0.000000179. The first-order chi connectivity index (χ1) is 44.5. The van der Waals surface area contributed by atoms with E-state index in [1.807, 2.05) is 105 Å². The molecular formula is C71H79Br2Cl2N13O3. The van der Waals surface area contributed by atoms with Crippen molar-refractivity contribution in [1.29, 1.82) is 0 Å². The number of hydrogen-bond acceptors (Lipinski definition) is 10. The second kappa shape index (κ2) is 30.8. The van der Waals surface area contributed by atoms with Gasteiger partial charge in [-0.1, -0.05) is 115 Å². The zero-order chi connectivity index (χ0) is 62.6. The lowest BCUT2D eigenvalue weighted by Crippen LogP contribution is -2.64. The maximum atomic E-state index is 15.0. The Hall–Kier alpha value is -6.77. The number of benzene rings is 4. The Labute approximate surface area is 561 Å². The van der Waals surface area contributed by atoms with Crippen molar-refractivity contribution in [3.63, 3.8) is 0 Å². The maximum Gasteiger partial charge on any atom is 0.318 e. The molecule has 8 aromatic rings. The van der Waals surface area contributed by atoms with Gasteiger partial charge >= 0.3 is 6.03 Å². The van der Waals surface area contributed by atoms with Crippen LogP contribution in [-0.4, -0.2) is 142 Å². The van der Waals surface area contributed by atoms with Crippen molar-refractivity contribution in [1.82, 2.24) is 64.2 Å². The Bertz CT molecular complexity index is 3620. The van der Waals surface area contributed by atoms with Gasteiger partial charge in [-0.15, -0.1) is 0 Å². The van der Waals surface area contributed by atoms with Crippen LogP contribution in [0, 0.1) is 0 Å². The van der Waals surface area contributed by atoms with Gasteiger partial charge in [0.15, 0.2) is 0 Å². The van der Waals surface area contributed by atoms with Crippen LogP contribution in [0.5, 0.6) is 0 Å². The topological polar surface area (TPSA) is 153 Å². The van der Waals surface area contributed by atoms with E-state index in [4.69, 9.17) is 33.2 Å². The van der Waals surface area contributed by atoms with Crippen LogP contribution in [0.4, 0.5) is 4.79 Å². The summed E-state index contributed by atoms with van der Waals surface area (Å²) < 4.78 is 6.03. The highest BCUT2D eigenvalue weighted by Gasteiger charge is 2.43. The summed E-state index contributed by atoms with van der Waals surface area (Å²) in [7, 11) is 0. The van der Waals surface area contributed by atoms with Gasteiger partial charge in [-0.3, -0.25) is 29.4 Å². The van der Waals surface area contributed by atoms with Crippen LogP contribution in [-0.2, 0) is 61.5 Å². The monoisotopic (exact) mass is 1390 g/mol. The normalized spacial score (nSPS) is 19.3. The highest BCUT2D eigenvalue weighted by Crippen LogP contribution is 2.41. The van der Waals surface area contributed by atoms with Crippen molar-refractivity contribution in [2.24, 2.45) is 0 Å². The number of nitrogens with one attached hydrogen (secondary N) is 2. The van der Waals surface area contributed by atoms with Gasteiger partial charge in [0.25, 0.3) is 0 Å². The minimum atomic E-state index is -0.665. The number of nitrogens with zero attached hydrogens (tertiary/aromatic N) is 11. The van der Waals surface area contributed by atoms with E-state index in [2.05, 4.69) is 127 Å². The molecule has 2 aliphatic heterocycles. The van der Waals surface area contributed by atoms with Crippen molar-refractivity contribution in [3.8, 4) is 0 Å². The van der Waals surface area contributed by atoms with Gasteiger partial charge in [-0.25, -0.2) is 14.8 Å². The smallest absolute Gasteiger partial charge is 0.318 e. The van der Waals surface area contributed by atoms with E-state index in [0.29, 0.717) is 57.4 Å². The van der Waals surface area contributed by atoms with Crippen LogP contribution in [0.1, 0.15) is 113 Å². The first-order valence-electron chi connectivity index (χ1n) is 32.2. The number of pyridine rings is 2. The SMILES string of the molecule is O=C([C@H]1CN([C@@H]2c3ccc(Cl)cc3CCc3cc(Br)cnc32)CCN1)N(CCCn1ccnc1)Cc1ccccc1.O=C([C@H]1CN([C@@H]2c3ccc(Cl)cc3CCc3cc(Br)cnc32)CCN1C(=O)NC1CCCCC1)N(CCCn1ccnc1)Cc1ccccc1. The lowest BCUT2D eigenvalue weighted by Gasteiger charge is -2.45. The summed E-state index contributed by atoms with van der Waals surface area (Å²) in [4.78, 5) is 72.1. The lowest BCUT2D eigenvalue weighted by atomic mass is 9.94. The number of fused-ring (bicyclic) bond motifs is 4. The average Bonchev–Trinajstić information content (AvgIpc) is 3.17. The summed E-state index contributed by atoms with van der Waals surface area (Å²) in [6.45, 7) is 7.48. The zero-order valence-corrected chi connectivity index (χ0v) is 56.0. The van der Waals surface area contributed by atoms with Crippen molar-refractivity contribution >= 4 is 72.9 Å². The van der Waals surface area contributed by atoms with Crippen LogP contribution in [0.15, 0.2) is 168 Å². The summed E-state index contributed by atoms with van der Waals surface area (Å²) in [5.74, 6) is 0.107. The lowest BCUT2D eigenvalue weighted by molar-refractivity contribution is -0.139. The third kappa shape index (κ3) is 16.2. The summed E-state index contributed by atoms with van der Waals surface area (Å²) >= 11 is 20.2. The first kappa shape index (κ1) is 64.3. The van der Waals surface area contributed by atoms with Gasteiger partial charge < -0.3 is 34.5 Å². The molecule has 20 heteroatoms. The first-order valence-corrected chi connectivity index (χ1v) is 34.5. The molecule has 1 saturated carbocycles. The maximum absolute atomic E-state index is 15.0. The standard InChI is InChI=1S/C39H45BrClN7O2.C32H34BrClN6O/c40-31-22-30-13-12-29-23-32(41)14-15-34(29)37(36(30)43-24-31)46-20-21-48(39(50)44-33-10-5-2-6-11-33)35(26-46)38(49)47(25-28-8-3-1-4-9-28)18-7-17-45-19-16-42-27-45;33-26-17-25-8-7-24-18-27(34)9-10-28(24)31(30(25)37-19-26)39-16-12-36-29(21-39)32(41)40(20-23-5-2-1-3-6-23)14-4-13-38-15-11-35-22-38/h1,3-4,8-9,14-16,19,22-24,27,33,35,37H,2,5-7,10-13,17-18,20-21,25-26H2,(H,44,50);1-3,5-6,9-11,15,17-19,22,29,31,36H,4,7-8,12-14,16,20-21H2/t35-,37-;29-,31-/m11/s1. The van der Waals surface area contributed by atoms with Crippen LogP contribution in [0.3, 0.4) is 0 Å². The molecule has 0 spiro atoms. The van der Waals surface area contributed by atoms with Gasteiger partial charge in [-0.2, -0.15) is 0 Å². The second-order valence-electron chi connectivity index (χ2n) is 24.7. The highest BCUT2D eigenvalue weighted by molar-refractivity contribution is 9.10. The number of urea groups is 1. The minimum absolute atomic E-state index is 0.0306. The summed E-state index contributed by atoms with van der Waals surface area (Å²) in [5.41, 5.74) is 11.5. The third-order valence-electron chi connectivity index (χ3n) is 18.6. The molecule has 4 aromatic heterocycles. The van der Waals surface area contributed by atoms with Gasteiger partial charge in [0, 0.05) is 141 Å². The van der Waals surface area contributed by atoms with Crippen molar-refractivity contribution in [3.05, 3.63) is 234 Å². The van der Waals surface area contributed by atoms with Crippen LogP contribution in [0.25, 0.3) is 0 Å². The van der Waals surface area contributed by atoms with Crippen LogP contribution in [0.2, 0.25) is 10.0 Å².